The Kier molecular flexibility index (Phi) is 7.42. The second-order valence-electron chi connectivity index (χ2n) is 8.49. The Balaban J connectivity index is 1.21. The van der Waals surface area contributed by atoms with Crippen molar-refractivity contribution in [1.29, 1.82) is 0 Å². The van der Waals surface area contributed by atoms with Crippen molar-refractivity contribution in [3.63, 3.8) is 0 Å². The highest BCUT2D eigenvalue weighted by Gasteiger charge is 2.20. The maximum absolute atomic E-state index is 12.5. The van der Waals surface area contributed by atoms with Gasteiger partial charge in [-0.3, -0.25) is 14.2 Å². The van der Waals surface area contributed by atoms with E-state index in [0.717, 1.165) is 42.7 Å². The van der Waals surface area contributed by atoms with Gasteiger partial charge in [-0.15, -0.1) is 10.2 Å². The number of para-hydroxylation sites is 1. The Morgan fingerprint density at radius 1 is 0.833 bits per heavy atom. The number of nitrogens with zero attached hydrogens (tertiary/aromatic N) is 4. The predicted molar refractivity (Wildman–Crippen MR) is 139 cm³/mol. The van der Waals surface area contributed by atoms with E-state index in [9.17, 15) is 9.59 Å². The molecule has 0 N–H and O–H groups in total. The minimum atomic E-state index is -0.346. The van der Waals surface area contributed by atoms with E-state index in [1.165, 1.54) is 11.8 Å². The molecule has 0 atom stereocenters. The van der Waals surface area contributed by atoms with E-state index in [0.29, 0.717) is 16.5 Å². The summed E-state index contributed by atoms with van der Waals surface area (Å²) in [7, 11) is 0. The van der Waals surface area contributed by atoms with Crippen LogP contribution >= 0.6 is 11.8 Å². The van der Waals surface area contributed by atoms with Crippen LogP contribution in [-0.4, -0.2) is 50.4 Å². The SMILES string of the molecule is O=C(CSc1nnc(-c2ccccc2)n1-c1ccccc1)OCc1ccc(C(=O)N2CCCC2)cc1. The first-order valence-corrected chi connectivity index (χ1v) is 12.9. The van der Waals surface area contributed by atoms with Gasteiger partial charge in [-0.05, 0) is 42.7 Å². The third-order valence-electron chi connectivity index (χ3n) is 5.99. The third kappa shape index (κ3) is 5.49. The average molecular weight is 499 g/mol. The highest BCUT2D eigenvalue weighted by atomic mass is 32.2. The van der Waals surface area contributed by atoms with Gasteiger partial charge in [0.1, 0.15) is 6.61 Å². The molecule has 0 unspecified atom stereocenters. The molecule has 5 rings (SSSR count). The van der Waals surface area contributed by atoms with Gasteiger partial charge in [-0.25, -0.2) is 0 Å². The van der Waals surface area contributed by atoms with Gasteiger partial charge in [0.15, 0.2) is 11.0 Å². The van der Waals surface area contributed by atoms with Crippen LogP contribution in [0.5, 0.6) is 0 Å². The average Bonchev–Trinajstić information content (AvgIpc) is 3.62. The summed E-state index contributed by atoms with van der Waals surface area (Å²) in [5, 5.41) is 9.36. The summed E-state index contributed by atoms with van der Waals surface area (Å²) in [6.45, 7) is 1.79. The van der Waals surface area contributed by atoms with Crippen LogP contribution < -0.4 is 0 Å². The van der Waals surface area contributed by atoms with E-state index >= 15 is 0 Å². The fourth-order valence-electron chi connectivity index (χ4n) is 4.12. The molecule has 182 valence electrons. The first-order valence-electron chi connectivity index (χ1n) is 11.9. The Morgan fingerprint density at radius 3 is 2.19 bits per heavy atom. The Hall–Kier alpha value is -3.91. The smallest absolute Gasteiger partial charge is 0.316 e. The highest BCUT2D eigenvalue weighted by molar-refractivity contribution is 7.99. The van der Waals surface area contributed by atoms with E-state index in [-0.39, 0.29) is 24.2 Å². The molecular weight excluding hydrogens is 472 g/mol. The molecule has 8 heteroatoms. The summed E-state index contributed by atoms with van der Waals surface area (Å²) in [6.07, 6.45) is 2.13. The quantitative estimate of drug-likeness (QED) is 0.251. The topological polar surface area (TPSA) is 77.3 Å². The number of ether oxygens (including phenoxy) is 1. The lowest BCUT2D eigenvalue weighted by Crippen LogP contribution is -2.27. The molecule has 1 saturated heterocycles. The molecule has 0 aliphatic carbocycles. The van der Waals surface area contributed by atoms with Gasteiger partial charge in [0.05, 0.1) is 5.75 Å². The molecular formula is C28H26N4O3S. The zero-order chi connectivity index (χ0) is 24.7. The Morgan fingerprint density at radius 2 is 1.50 bits per heavy atom. The maximum Gasteiger partial charge on any atom is 0.316 e. The third-order valence-corrected chi connectivity index (χ3v) is 6.90. The Bertz CT molecular complexity index is 1320. The minimum Gasteiger partial charge on any atom is -0.460 e. The zero-order valence-corrected chi connectivity index (χ0v) is 20.6. The van der Waals surface area contributed by atoms with Crippen LogP contribution in [0.2, 0.25) is 0 Å². The molecule has 1 fully saturated rings. The molecule has 0 spiro atoms. The standard InChI is InChI=1S/C28H26N4O3S/c33-25(35-19-21-13-15-23(16-14-21)27(34)31-17-7-8-18-31)20-36-28-30-29-26(22-9-3-1-4-10-22)32(28)24-11-5-2-6-12-24/h1-6,9-16H,7-8,17-20H2. The number of thioether (sulfide) groups is 1. The molecule has 1 aliphatic rings. The first-order chi connectivity index (χ1) is 17.7. The molecule has 0 bridgehead atoms. The van der Waals surface area contributed by atoms with Crippen molar-refractivity contribution in [3.8, 4) is 17.1 Å². The lowest BCUT2D eigenvalue weighted by atomic mass is 10.1. The van der Waals surface area contributed by atoms with E-state index in [1.807, 2.05) is 82.3 Å². The van der Waals surface area contributed by atoms with E-state index in [1.54, 1.807) is 12.1 Å². The van der Waals surface area contributed by atoms with Crippen LogP contribution in [0.4, 0.5) is 0 Å². The molecule has 1 aliphatic heterocycles. The van der Waals surface area contributed by atoms with Gasteiger partial charge in [0.25, 0.3) is 5.91 Å². The second-order valence-corrected chi connectivity index (χ2v) is 9.43. The molecule has 0 radical (unpaired) electrons. The fourth-order valence-corrected chi connectivity index (χ4v) is 4.87. The van der Waals surface area contributed by atoms with Crippen molar-refractivity contribution in [1.82, 2.24) is 19.7 Å². The monoisotopic (exact) mass is 498 g/mol. The summed E-state index contributed by atoms with van der Waals surface area (Å²) in [4.78, 5) is 26.9. The number of amides is 1. The van der Waals surface area contributed by atoms with Gasteiger partial charge < -0.3 is 9.64 Å². The molecule has 36 heavy (non-hydrogen) atoms. The van der Waals surface area contributed by atoms with Gasteiger partial charge in [-0.1, -0.05) is 72.4 Å². The van der Waals surface area contributed by atoms with Crippen LogP contribution in [0.3, 0.4) is 0 Å². The predicted octanol–water partition coefficient (Wildman–Crippen LogP) is 5.01. The molecule has 1 aromatic heterocycles. The summed E-state index contributed by atoms with van der Waals surface area (Å²) in [5.74, 6) is 0.526. The number of carbonyl (C=O) groups is 2. The second kappa shape index (κ2) is 11.2. The molecule has 3 aromatic carbocycles. The van der Waals surface area contributed by atoms with Gasteiger partial charge in [0, 0.05) is 29.9 Å². The molecule has 4 aromatic rings. The lowest BCUT2D eigenvalue weighted by molar-refractivity contribution is -0.141. The van der Waals surface area contributed by atoms with Crippen LogP contribution in [0.1, 0.15) is 28.8 Å². The van der Waals surface area contributed by atoms with Crippen molar-refractivity contribution in [2.24, 2.45) is 0 Å². The van der Waals surface area contributed by atoms with Crippen LogP contribution in [0, 0.1) is 0 Å². The minimum absolute atomic E-state index is 0.0600. The van der Waals surface area contributed by atoms with Crippen LogP contribution in [-0.2, 0) is 16.1 Å². The largest absolute Gasteiger partial charge is 0.460 e. The van der Waals surface area contributed by atoms with E-state index < -0.39 is 0 Å². The number of hydrogen-bond acceptors (Lipinski definition) is 6. The maximum atomic E-state index is 12.5. The summed E-state index contributed by atoms with van der Waals surface area (Å²) in [6, 6.07) is 26.9. The lowest BCUT2D eigenvalue weighted by Gasteiger charge is -2.15. The van der Waals surface area contributed by atoms with E-state index in [2.05, 4.69) is 10.2 Å². The zero-order valence-electron chi connectivity index (χ0n) is 19.7. The first kappa shape index (κ1) is 23.8. The van der Waals surface area contributed by atoms with Crippen molar-refractivity contribution in [3.05, 3.63) is 96.1 Å². The van der Waals surface area contributed by atoms with Crippen molar-refractivity contribution >= 4 is 23.6 Å². The van der Waals surface area contributed by atoms with Crippen LogP contribution in [0.25, 0.3) is 17.1 Å². The fraction of sp³-hybridized carbons (Fsp3) is 0.214. The molecule has 0 saturated carbocycles. The highest BCUT2D eigenvalue weighted by Crippen LogP contribution is 2.28. The van der Waals surface area contributed by atoms with Crippen molar-refractivity contribution in [2.75, 3.05) is 18.8 Å². The number of benzene rings is 3. The molecule has 1 amide bonds. The van der Waals surface area contributed by atoms with Crippen molar-refractivity contribution in [2.45, 2.75) is 24.6 Å². The van der Waals surface area contributed by atoms with Crippen molar-refractivity contribution < 1.29 is 14.3 Å². The summed E-state index contributed by atoms with van der Waals surface area (Å²) in [5.41, 5.74) is 3.36. The summed E-state index contributed by atoms with van der Waals surface area (Å²) >= 11 is 1.29. The summed E-state index contributed by atoms with van der Waals surface area (Å²) < 4.78 is 7.42. The number of carbonyl (C=O) groups excluding carboxylic acids is 2. The number of aromatic nitrogens is 3. The molecule has 7 nitrogen and oxygen atoms in total. The number of hydrogen-bond donors (Lipinski definition) is 0. The van der Waals surface area contributed by atoms with Crippen LogP contribution in [0.15, 0.2) is 90.1 Å². The molecule has 2 heterocycles. The number of rotatable bonds is 8. The normalized spacial score (nSPS) is 13.1. The number of esters is 1. The van der Waals surface area contributed by atoms with Gasteiger partial charge >= 0.3 is 5.97 Å². The van der Waals surface area contributed by atoms with Gasteiger partial charge in [0.2, 0.25) is 0 Å². The van der Waals surface area contributed by atoms with E-state index in [4.69, 9.17) is 4.74 Å². The Labute approximate surface area is 214 Å². The van der Waals surface area contributed by atoms with Gasteiger partial charge in [-0.2, -0.15) is 0 Å². The number of likely N-dealkylation sites (tertiary alicyclic amines) is 1.